The van der Waals surface area contributed by atoms with Gasteiger partial charge < -0.3 is 15.2 Å². The van der Waals surface area contributed by atoms with Crippen molar-refractivity contribution in [3.8, 4) is 11.8 Å². The molecule has 5 nitrogen and oxygen atoms in total. The molecule has 0 aromatic rings. The molecule has 0 spiro atoms. The Balaban J connectivity index is 2.35. The van der Waals surface area contributed by atoms with Crippen LogP contribution in [0.25, 0.3) is 0 Å². The Labute approximate surface area is 87.8 Å². The highest BCUT2D eigenvalue weighted by atomic mass is 16.5. The van der Waals surface area contributed by atoms with E-state index in [9.17, 15) is 9.59 Å². The summed E-state index contributed by atoms with van der Waals surface area (Å²) >= 11 is 0. The Kier molecular flexibility index (Phi) is 4.13. The average molecular weight is 211 g/mol. The summed E-state index contributed by atoms with van der Waals surface area (Å²) in [6, 6.07) is 0. The molecule has 1 saturated heterocycles. The second-order valence-electron chi connectivity index (χ2n) is 3.17. The van der Waals surface area contributed by atoms with Gasteiger partial charge in [0.15, 0.2) is 6.10 Å². The summed E-state index contributed by atoms with van der Waals surface area (Å²) in [5, 5.41) is 11.2. The Morgan fingerprint density at radius 2 is 2.13 bits per heavy atom. The van der Waals surface area contributed by atoms with Crippen molar-refractivity contribution in [2.24, 2.45) is 0 Å². The smallest absolute Gasteiger partial charge is 0.332 e. The molecule has 0 aliphatic carbocycles. The summed E-state index contributed by atoms with van der Waals surface area (Å²) in [6.07, 6.45) is -0.669. The minimum Gasteiger partial charge on any atom is -0.479 e. The van der Waals surface area contributed by atoms with Crippen LogP contribution in [-0.2, 0) is 14.3 Å². The molecule has 2 unspecified atom stereocenters. The summed E-state index contributed by atoms with van der Waals surface area (Å²) < 4.78 is 5.06. The lowest BCUT2D eigenvalue weighted by Crippen LogP contribution is -2.35. The van der Waals surface area contributed by atoms with Gasteiger partial charge in [-0.3, -0.25) is 4.79 Å². The van der Waals surface area contributed by atoms with Crippen molar-refractivity contribution in [2.75, 3.05) is 6.54 Å². The zero-order chi connectivity index (χ0) is 11.3. The highest BCUT2D eigenvalue weighted by Crippen LogP contribution is 2.19. The molecule has 5 heteroatoms. The molecule has 82 valence electrons. The molecule has 1 fully saturated rings. The number of carboxylic acid groups (broad SMARTS) is 1. The van der Waals surface area contributed by atoms with Crippen molar-refractivity contribution in [1.29, 1.82) is 0 Å². The summed E-state index contributed by atoms with van der Waals surface area (Å²) in [7, 11) is 0. The van der Waals surface area contributed by atoms with Crippen molar-refractivity contribution in [3.63, 3.8) is 0 Å². The number of carbonyl (C=O) groups excluding carboxylic acids is 1. The Morgan fingerprint density at radius 1 is 1.47 bits per heavy atom. The Morgan fingerprint density at radius 3 is 2.67 bits per heavy atom. The van der Waals surface area contributed by atoms with Gasteiger partial charge in [-0.25, -0.2) is 4.79 Å². The molecule has 0 radical (unpaired) electrons. The van der Waals surface area contributed by atoms with Crippen LogP contribution in [0.2, 0.25) is 0 Å². The number of nitrogens with one attached hydrogen (secondary N) is 1. The summed E-state index contributed by atoms with van der Waals surface area (Å²) in [5.41, 5.74) is 0. The lowest BCUT2D eigenvalue weighted by Gasteiger charge is -2.09. The molecule has 2 atom stereocenters. The van der Waals surface area contributed by atoms with Crippen LogP contribution in [0.15, 0.2) is 0 Å². The standard InChI is InChI=1S/C10H13NO4/c1-2-3-6-11-9(12)7-4-5-8(15-7)10(13)14/h7-8H,4-6H2,1H3,(H,11,12)(H,13,14). The van der Waals surface area contributed by atoms with Gasteiger partial charge in [0.2, 0.25) is 5.91 Å². The van der Waals surface area contributed by atoms with E-state index >= 15 is 0 Å². The molecule has 1 aliphatic rings. The zero-order valence-electron chi connectivity index (χ0n) is 8.45. The number of hydrogen-bond donors (Lipinski definition) is 2. The first-order valence-electron chi connectivity index (χ1n) is 4.70. The van der Waals surface area contributed by atoms with Crippen LogP contribution in [0, 0.1) is 11.8 Å². The van der Waals surface area contributed by atoms with E-state index in [0.29, 0.717) is 12.8 Å². The predicted molar refractivity (Wildman–Crippen MR) is 52.0 cm³/mol. The van der Waals surface area contributed by atoms with Gasteiger partial charge >= 0.3 is 5.97 Å². The van der Waals surface area contributed by atoms with E-state index in [1.165, 1.54) is 0 Å². The molecular weight excluding hydrogens is 198 g/mol. The second-order valence-corrected chi connectivity index (χ2v) is 3.17. The van der Waals surface area contributed by atoms with Gasteiger partial charge in [-0.2, -0.15) is 0 Å². The van der Waals surface area contributed by atoms with E-state index in [4.69, 9.17) is 9.84 Å². The van der Waals surface area contributed by atoms with Gasteiger partial charge in [-0.1, -0.05) is 5.92 Å². The van der Waals surface area contributed by atoms with Crippen LogP contribution in [0.3, 0.4) is 0 Å². The topological polar surface area (TPSA) is 75.6 Å². The van der Waals surface area contributed by atoms with Crippen LogP contribution in [0.5, 0.6) is 0 Å². The third-order valence-corrected chi connectivity index (χ3v) is 2.12. The number of ether oxygens (including phenoxy) is 1. The molecule has 2 N–H and O–H groups in total. The molecule has 0 saturated carbocycles. The molecule has 1 amide bonds. The summed E-state index contributed by atoms with van der Waals surface area (Å²) in [6.45, 7) is 1.95. The minimum absolute atomic E-state index is 0.271. The minimum atomic E-state index is -1.02. The van der Waals surface area contributed by atoms with Crippen LogP contribution >= 0.6 is 0 Å². The quantitative estimate of drug-likeness (QED) is 0.632. The SMILES string of the molecule is CC#CCNC(=O)C1CCC(C(=O)O)O1. The molecule has 0 aromatic heterocycles. The van der Waals surface area contributed by atoms with Gasteiger partial charge in [0, 0.05) is 0 Å². The maximum Gasteiger partial charge on any atom is 0.332 e. The van der Waals surface area contributed by atoms with E-state index in [1.807, 2.05) is 0 Å². The van der Waals surface area contributed by atoms with Crippen LogP contribution in [-0.4, -0.2) is 35.7 Å². The first-order chi connectivity index (χ1) is 7.15. The van der Waals surface area contributed by atoms with Crippen molar-refractivity contribution in [2.45, 2.75) is 32.0 Å². The molecule has 15 heavy (non-hydrogen) atoms. The summed E-state index contributed by atoms with van der Waals surface area (Å²) in [4.78, 5) is 21.9. The highest BCUT2D eigenvalue weighted by molar-refractivity contribution is 5.82. The molecule has 1 rings (SSSR count). The molecular formula is C10H13NO4. The average Bonchev–Trinajstić information content (AvgIpc) is 2.66. The second kappa shape index (κ2) is 5.37. The Bertz CT molecular complexity index is 315. The molecule has 1 aliphatic heterocycles. The largest absolute Gasteiger partial charge is 0.479 e. The van der Waals surface area contributed by atoms with Crippen molar-refractivity contribution in [1.82, 2.24) is 5.32 Å². The molecule has 1 heterocycles. The number of hydrogen-bond acceptors (Lipinski definition) is 3. The lowest BCUT2D eigenvalue weighted by atomic mass is 10.2. The normalized spacial score (nSPS) is 24.1. The molecule has 0 aromatic carbocycles. The van der Waals surface area contributed by atoms with Gasteiger partial charge in [-0.05, 0) is 19.8 Å². The fraction of sp³-hybridized carbons (Fsp3) is 0.600. The first kappa shape index (κ1) is 11.5. The van der Waals surface area contributed by atoms with Gasteiger partial charge in [0.05, 0.1) is 6.54 Å². The van der Waals surface area contributed by atoms with Gasteiger partial charge in [0.25, 0.3) is 0 Å². The van der Waals surface area contributed by atoms with Crippen molar-refractivity contribution >= 4 is 11.9 Å². The van der Waals surface area contributed by atoms with E-state index in [2.05, 4.69) is 17.2 Å². The number of carbonyl (C=O) groups is 2. The van der Waals surface area contributed by atoms with Crippen LogP contribution < -0.4 is 5.32 Å². The number of rotatable bonds is 3. The third-order valence-electron chi connectivity index (χ3n) is 2.12. The van der Waals surface area contributed by atoms with Crippen LogP contribution in [0.1, 0.15) is 19.8 Å². The monoisotopic (exact) mass is 211 g/mol. The number of amides is 1. The summed E-state index contributed by atoms with van der Waals surface area (Å²) in [5.74, 6) is 4.02. The zero-order valence-corrected chi connectivity index (χ0v) is 8.45. The van der Waals surface area contributed by atoms with E-state index in [-0.39, 0.29) is 12.5 Å². The van der Waals surface area contributed by atoms with Crippen LogP contribution in [0.4, 0.5) is 0 Å². The Hall–Kier alpha value is -1.54. The number of aliphatic carboxylic acids is 1. The fourth-order valence-electron chi connectivity index (χ4n) is 1.35. The van der Waals surface area contributed by atoms with Crippen molar-refractivity contribution in [3.05, 3.63) is 0 Å². The van der Waals surface area contributed by atoms with E-state index in [0.717, 1.165) is 0 Å². The van der Waals surface area contributed by atoms with Gasteiger partial charge in [0.1, 0.15) is 6.10 Å². The van der Waals surface area contributed by atoms with Gasteiger partial charge in [-0.15, -0.1) is 5.92 Å². The van der Waals surface area contributed by atoms with Crippen molar-refractivity contribution < 1.29 is 19.4 Å². The highest BCUT2D eigenvalue weighted by Gasteiger charge is 2.34. The number of carboxylic acids is 1. The maximum atomic E-state index is 11.4. The predicted octanol–water partition coefficient (Wildman–Crippen LogP) is -0.242. The van der Waals surface area contributed by atoms with E-state index < -0.39 is 18.2 Å². The first-order valence-corrected chi connectivity index (χ1v) is 4.70. The lowest BCUT2D eigenvalue weighted by molar-refractivity contribution is -0.151. The fourth-order valence-corrected chi connectivity index (χ4v) is 1.35. The third kappa shape index (κ3) is 3.26. The maximum absolute atomic E-state index is 11.4. The molecule has 0 bridgehead atoms. The van der Waals surface area contributed by atoms with E-state index in [1.54, 1.807) is 6.92 Å².